The summed E-state index contributed by atoms with van der Waals surface area (Å²) in [5.41, 5.74) is 16.3. The summed E-state index contributed by atoms with van der Waals surface area (Å²) in [4.78, 5) is 2.59. The first kappa shape index (κ1) is 38.3. The van der Waals surface area contributed by atoms with Crippen LogP contribution in [0.25, 0.3) is 53.2 Å². The lowest BCUT2D eigenvalue weighted by Gasteiger charge is -2.43. The molecule has 12 aromatic rings. The van der Waals surface area contributed by atoms with Crippen LogP contribution in [0, 0.1) is 0 Å². The maximum absolute atomic E-state index is 7.23. The third kappa shape index (κ3) is 4.74. The second-order valence-corrected chi connectivity index (χ2v) is 20.0. The minimum Gasteiger partial charge on any atom is -0.457 e. The zero-order chi connectivity index (χ0) is 45.7. The molecule has 2 aliphatic carbocycles. The molecule has 2 spiro atoms. The second kappa shape index (κ2) is 13.9. The molecule has 0 amide bonds. The van der Waals surface area contributed by atoms with E-state index in [9.17, 15) is 0 Å². The largest absolute Gasteiger partial charge is 0.457 e. The Morgan fingerprint density at radius 2 is 0.829 bits per heavy atom. The van der Waals surface area contributed by atoms with E-state index in [1.54, 1.807) is 0 Å². The highest BCUT2D eigenvalue weighted by atomic mass is 32.1. The van der Waals surface area contributed by atoms with Crippen molar-refractivity contribution in [3.05, 3.63) is 281 Å². The molecule has 0 saturated heterocycles. The van der Waals surface area contributed by atoms with E-state index in [0.717, 1.165) is 62.3 Å². The Bertz CT molecular complexity index is 4150. The summed E-state index contributed by atoms with van der Waals surface area (Å²) in [6, 6.07) is 87.2. The van der Waals surface area contributed by atoms with Crippen molar-refractivity contribution in [1.29, 1.82) is 0 Å². The van der Waals surface area contributed by atoms with Gasteiger partial charge < -0.3 is 14.4 Å². The van der Waals surface area contributed by atoms with Gasteiger partial charge in [-0.1, -0.05) is 182 Å². The van der Waals surface area contributed by atoms with Gasteiger partial charge in [-0.15, -0.1) is 11.3 Å². The summed E-state index contributed by atoms with van der Waals surface area (Å²) in [6.45, 7) is 0. The van der Waals surface area contributed by atoms with Crippen LogP contribution in [0.3, 0.4) is 0 Å². The van der Waals surface area contributed by atoms with E-state index in [-0.39, 0.29) is 0 Å². The van der Waals surface area contributed by atoms with Gasteiger partial charge in [-0.2, -0.15) is 0 Å². The third-order valence-electron chi connectivity index (χ3n) is 15.8. The quantitative estimate of drug-likeness (QED) is 0.176. The maximum atomic E-state index is 7.23. The fourth-order valence-electron chi connectivity index (χ4n) is 13.2. The van der Waals surface area contributed by atoms with E-state index >= 15 is 0 Å². The number of fused-ring (bicyclic) bond motifs is 22. The van der Waals surface area contributed by atoms with Gasteiger partial charge in [0.05, 0.1) is 22.2 Å². The van der Waals surface area contributed by atoms with Gasteiger partial charge in [0.25, 0.3) is 0 Å². The van der Waals surface area contributed by atoms with Crippen molar-refractivity contribution in [2.45, 2.75) is 10.8 Å². The van der Waals surface area contributed by atoms with Gasteiger partial charge in [0.15, 0.2) is 0 Å². The number of rotatable bonds is 3. The van der Waals surface area contributed by atoms with Crippen LogP contribution in [-0.2, 0) is 10.8 Å². The molecule has 3 heterocycles. The Hall–Kier alpha value is -8.70. The van der Waals surface area contributed by atoms with Gasteiger partial charge in [0.1, 0.15) is 23.0 Å². The Morgan fingerprint density at radius 3 is 1.49 bits per heavy atom. The Balaban J connectivity index is 1.08. The molecule has 3 nitrogen and oxygen atoms in total. The number of benzene rings is 11. The van der Waals surface area contributed by atoms with Crippen LogP contribution in [0.5, 0.6) is 23.0 Å². The van der Waals surface area contributed by atoms with Crippen molar-refractivity contribution < 1.29 is 9.47 Å². The van der Waals surface area contributed by atoms with Crippen LogP contribution in [0.1, 0.15) is 44.5 Å². The molecular formula is C66H39NO2S. The Morgan fingerprint density at radius 1 is 0.343 bits per heavy atom. The average Bonchev–Trinajstić information content (AvgIpc) is 4.04. The van der Waals surface area contributed by atoms with Crippen LogP contribution in [0.15, 0.2) is 237 Å². The molecule has 0 fully saturated rings. The Labute approximate surface area is 408 Å². The highest BCUT2D eigenvalue weighted by molar-refractivity contribution is 7.26. The predicted octanol–water partition coefficient (Wildman–Crippen LogP) is 17.6. The van der Waals surface area contributed by atoms with Crippen molar-refractivity contribution in [1.82, 2.24) is 0 Å². The van der Waals surface area contributed by atoms with Crippen LogP contribution >= 0.6 is 11.3 Å². The lowest BCUT2D eigenvalue weighted by Crippen LogP contribution is -2.34. The molecule has 11 aromatic carbocycles. The number of thiophene rings is 1. The van der Waals surface area contributed by atoms with E-state index in [2.05, 4.69) is 241 Å². The fraction of sp³-hybridized carbons (Fsp3) is 0.0303. The van der Waals surface area contributed by atoms with Gasteiger partial charge in [0, 0.05) is 53.5 Å². The lowest BCUT2D eigenvalue weighted by atomic mass is 9.65. The van der Waals surface area contributed by atoms with Crippen molar-refractivity contribution >= 4 is 59.3 Å². The van der Waals surface area contributed by atoms with Crippen molar-refractivity contribution in [3.8, 4) is 45.3 Å². The lowest BCUT2D eigenvalue weighted by molar-refractivity contribution is 0.436. The monoisotopic (exact) mass is 909 g/mol. The minimum absolute atomic E-state index is 0.662. The van der Waals surface area contributed by atoms with Gasteiger partial charge in [-0.05, 0) is 104 Å². The average molecular weight is 910 g/mol. The summed E-state index contributed by atoms with van der Waals surface area (Å²) in [5.74, 6) is 3.43. The van der Waals surface area contributed by atoms with Crippen molar-refractivity contribution in [2.75, 3.05) is 4.90 Å². The summed E-state index contributed by atoms with van der Waals surface area (Å²) in [5, 5.41) is 4.81. The summed E-state index contributed by atoms with van der Waals surface area (Å²) in [7, 11) is 0. The summed E-state index contributed by atoms with van der Waals surface area (Å²) in [6.07, 6.45) is 0. The Kier molecular flexibility index (Phi) is 7.63. The molecule has 70 heavy (non-hydrogen) atoms. The molecule has 4 aliphatic rings. The maximum Gasteiger partial charge on any atom is 0.134 e. The van der Waals surface area contributed by atoms with E-state index in [1.165, 1.54) is 75.5 Å². The van der Waals surface area contributed by atoms with E-state index in [0.29, 0.717) is 0 Å². The predicted molar refractivity (Wildman–Crippen MR) is 286 cm³/mol. The first-order valence-electron chi connectivity index (χ1n) is 24.1. The van der Waals surface area contributed by atoms with E-state index < -0.39 is 10.8 Å². The number of hydrogen-bond acceptors (Lipinski definition) is 4. The molecule has 1 aromatic heterocycles. The number of para-hydroxylation sites is 2. The first-order chi connectivity index (χ1) is 34.7. The molecule has 0 unspecified atom stereocenters. The fourth-order valence-corrected chi connectivity index (χ4v) is 14.4. The molecule has 0 bridgehead atoms. The smallest absolute Gasteiger partial charge is 0.134 e. The van der Waals surface area contributed by atoms with Gasteiger partial charge in [-0.3, -0.25) is 0 Å². The molecule has 16 rings (SSSR count). The van der Waals surface area contributed by atoms with Crippen molar-refractivity contribution in [3.63, 3.8) is 0 Å². The number of anilines is 3. The number of hydrogen-bond donors (Lipinski definition) is 0. The van der Waals surface area contributed by atoms with Gasteiger partial charge in [-0.25, -0.2) is 0 Å². The van der Waals surface area contributed by atoms with Crippen molar-refractivity contribution in [2.24, 2.45) is 0 Å². The van der Waals surface area contributed by atoms with Crippen LogP contribution < -0.4 is 14.4 Å². The third-order valence-corrected chi connectivity index (χ3v) is 16.9. The van der Waals surface area contributed by atoms with E-state index in [1.807, 2.05) is 11.3 Å². The topological polar surface area (TPSA) is 21.7 Å². The SMILES string of the molecule is c1ccc2c(c1)Oc1ccc(N(c3cccc4c3C3(c5ccccc5O4)c4ccccc4-c4ccccc43)c3c4ccccc4cc4sc5ccccc5c34)cc1C21c2ccccc2-c2ccccc21. The number of ether oxygens (including phenoxy) is 2. The number of nitrogens with zero attached hydrogens (tertiary/aromatic N) is 1. The zero-order valence-electron chi connectivity index (χ0n) is 37.7. The van der Waals surface area contributed by atoms with Crippen LogP contribution in [0.2, 0.25) is 0 Å². The van der Waals surface area contributed by atoms with E-state index in [4.69, 9.17) is 9.47 Å². The molecule has 0 N–H and O–H groups in total. The molecule has 4 heteroatoms. The second-order valence-electron chi connectivity index (χ2n) is 19.0. The molecule has 2 aliphatic heterocycles. The van der Waals surface area contributed by atoms with Gasteiger partial charge in [0.2, 0.25) is 0 Å². The molecule has 0 saturated carbocycles. The highest BCUT2D eigenvalue weighted by Crippen LogP contribution is 2.67. The van der Waals surface area contributed by atoms with Gasteiger partial charge >= 0.3 is 0 Å². The first-order valence-corrected chi connectivity index (χ1v) is 24.9. The van der Waals surface area contributed by atoms with Crippen LogP contribution in [-0.4, -0.2) is 0 Å². The normalized spacial score (nSPS) is 14.5. The standard InChI is InChI=1S/C66H39NO2S/c1-2-19-42-40(18-1)38-61-62(47-24-7-16-35-60(47)70-61)64(42)67(41-36-37-58-54(39-41)65(52-29-12-14-32-56(52)68-58)48-25-8-3-20-43(48)44-21-4-9-26-49(44)65)55-31-17-34-59-63(55)66(53-30-13-15-33-57(53)69-59)50-27-10-5-22-45(50)46-23-6-11-28-51(46)66/h1-39H. The minimum atomic E-state index is -0.729. The zero-order valence-corrected chi connectivity index (χ0v) is 38.5. The highest BCUT2D eigenvalue weighted by Gasteiger charge is 2.54. The molecule has 0 atom stereocenters. The molecular weight excluding hydrogens is 871 g/mol. The summed E-state index contributed by atoms with van der Waals surface area (Å²) < 4.78 is 16.8. The summed E-state index contributed by atoms with van der Waals surface area (Å²) >= 11 is 1.86. The molecule has 326 valence electrons. The van der Waals surface area contributed by atoms with Crippen LogP contribution in [0.4, 0.5) is 17.1 Å². The molecule has 0 radical (unpaired) electrons.